The maximum absolute atomic E-state index is 13.5. The number of amides is 1. The fourth-order valence-corrected chi connectivity index (χ4v) is 6.90. The van der Waals surface area contributed by atoms with Crippen molar-refractivity contribution in [2.75, 3.05) is 13.1 Å². The number of carbonyl (C=O) groups excluding carboxylic acids is 1. The number of carbonyl (C=O) groups is 1. The highest BCUT2D eigenvalue weighted by atomic mass is 32.2. The molecular weight excluding hydrogens is 470 g/mol. The highest BCUT2D eigenvalue weighted by Gasteiger charge is 2.44. The van der Waals surface area contributed by atoms with Crippen molar-refractivity contribution in [3.63, 3.8) is 0 Å². The minimum Gasteiger partial charge on any atom is -0.444 e. The fourth-order valence-electron chi connectivity index (χ4n) is 5.00. The van der Waals surface area contributed by atoms with Crippen LogP contribution in [-0.2, 0) is 21.3 Å². The third-order valence-electron chi connectivity index (χ3n) is 6.76. The number of likely N-dealkylation sites (tertiary alicyclic amines) is 1. The van der Waals surface area contributed by atoms with E-state index in [1.807, 2.05) is 0 Å². The molecule has 1 saturated heterocycles. The normalized spacial score (nSPS) is 24.9. The van der Waals surface area contributed by atoms with E-state index < -0.39 is 34.5 Å². The van der Waals surface area contributed by atoms with E-state index in [4.69, 9.17) is 9.15 Å². The van der Waals surface area contributed by atoms with Gasteiger partial charge in [-0.15, -0.1) is 10.2 Å². The molecule has 0 radical (unpaired) electrons. The molecular formula is C22H26F2N4O5S. The lowest BCUT2D eigenvalue weighted by Crippen LogP contribution is -2.49. The first-order valence-corrected chi connectivity index (χ1v) is 13.0. The van der Waals surface area contributed by atoms with Crippen LogP contribution in [-0.4, -0.2) is 59.1 Å². The van der Waals surface area contributed by atoms with E-state index in [0.29, 0.717) is 31.5 Å². The number of benzene rings is 1. The summed E-state index contributed by atoms with van der Waals surface area (Å²) in [5.74, 6) is -0.988. The molecule has 2 fully saturated rings. The van der Waals surface area contributed by atoms with Gasteiger partial charge in [-0.3, -0.25) is 0 Å². The molecule has 1 aromatic heterocycles. The summed E-state index contributed by atoms with van der Waals surface area (Å²) in [7, 11) is -3.89. The molecule has 2 aliphatic heterocycles. The number of piperidine rings is 1. The van der Waals surface area contributed by atoms with Crippen LogP contribution in [0.5, 0.6) is 0 Å². The van der Waals surface area contributed by atoms with Crippen molar-refractivity contribution in [2.24, 2.45) is 0 Å². The molecule has 184 valence electrons. The highest BCUT2D eigenvalue weighted by Crippen LogP contribution is 2.39. The summed E-state index contributed by atoms with van der Waals surface area (Å²) in [5.41, 5.74) is 0.837. The van der Waals surface area contributed by atoms with E-state index in [9.17, 15) is 22.0 Å². The van der Waals surface area contributed by atoms with Crippen LogP contribution in [0.2, 0.25) is 0 Å². The van der Waals surface area contributed by atoms with E-state index in [1.165, 1.54) is 10.4 Å². The molecule has 1 amide bonds. The molecule has 1 aromatic carbocycles. The molecule has 1 saturated carbocycles. The Hall–Kier alpha value is -2.60. The van der Waals surface area contributed by atoms with Crippen molar-refractivity contribution < 1.29 is 31.1 Å². The Balaban J connectivity index is 1.37. The Morgan fingerprint density at radius 3 is 2.59 bits per heavy atom. The van der Waals surface area contributed by atoms with E-state index in [2.05, 4.69) is 10.2 Å². The monoisotopic (exact) mass is 496 g/mol. The van der Waals surface area contributed by atoms with Gasteiger partial charge < -0.3 is 14.1 Å². The van der Waals surface area contributed by atoms with Crippen LogP contribution in [0.1, 0.15) is 62.8 Å². The number of hydrogen-bond donors (Lipinski definition) is 0. The Kier molecular flexibility index (Phi) is 6.28. The van der Waals surface area contributed by atoms with Crippen LogP contribution in [0.4, 0.5) is 13.6 Å². The molecule has 5 rings (SSSR count). The Bertz CT molecular complexity index is 1170. The van der Waals surface area contributed by atoms with Crippen molar-refractivity contribution in [1.82, 2.24) is 19.4 Å². The van der Waals surface area contributed by atoms with Crippen LogP contribution >= 0.6 is 0 Å². The van der Waals surface area contributed by atoms with Gasteiger partial charge in [-0.1, -0.05) is 12.5 Å². The predicted molar refractivity (Wildman–Crippen MR) is 115 cm³/mol. The number of nitrogens with zero attached hydrogens (tertiary/aromatic N) is 4. The molecule has 0 N–H and O–H groups in total. The molecule has 12 heteroatoms. The molecule has 1 aliphatic carbocycles. The zero-order chi connectivity index (χ0) is 23.9. The summed E-state index contributed by atoms with van der Waals surface area (Å²) < 4.78 is 64.8. The largest absolute Gasteiger partial charge is 0.444 e. The summed E-state index contributed by atoms with van der Waals surface area (Å²) >= 11 is 0. The first kappa shape index (κ1) is 23.2. The van der Waals surface area contributed by atoms with Gasteiger partial charge in [0, 0.05) is 25.2 Å². The van der Waals surface area contributed by atoms with Crippen molar-refractivity contribution >= 4 is 16.1 Å². The lowest BCUT2D eigenvalue weighted by molar-refractivity contribution is 0.00692. The van der Waals surface area contributed by atoms with Gasteiger partial charge in [0.25, 0.3) is 5.89 Å². The van der Waals surface area contributed by atoms with Crippen molar-refractivity contribution in [3.8, 4) is 11.5 Å². The Labute approximate surface area is 196 Å². The maximum Gasteiger partial charge on any atom is 0.410 e. The minimum absolute atomic E-state index is 0.0773. The first-order valence-electron chi connectivity index (χ1n) is 11.6. The predicted octanol–water partition coefficient (Wildman–Crippen LogP) is 4.11. The minimum atomic E-state index is -3.89. The number of alkyl halides is 2. The molecule has 9 nitrogen and oxygen atoms in total. The van der Waals surface area contributed by atoms with E-state index >= 15 is 0 Å². The molecule has 3 aliphatic rings. The number of hydrogen-bond acceptors (Lipinski definition) is 7. The topological polar surface area (TPSA) is 106 Å². The Morgan fingerprint density at radius 2 is 1.85 bits per heavy atom. The summed E-state index contributed by atoms with van der Waals surface area (Å²) in [6.07, 6.45) is 2.09. The number of fused-ring (bicyclic) bond motifs is 1. The van der Waals surface area contributed by atoms with Crippen molar-refractivity contribution in [2.45, 2.75) is 75.0 Å². The second-order valence-electron chi connectivity index (χ2n) is 8.94. The van der Waals surface area contributed by atoms with E-state index in [0.717, 1.165) is 32.1 Å². The van der Waals surface area contributed by atoms with Gasteiger partial charge in [-0.25, -0.2) is 13.2 Å². The zero-order valence-corrected chi connectivity index (χ0v) is 19.3. The number of aromatic nitrogens is 2. The second-order valence-corrected chi connectivity index (χ2v) is 10.8. The molecule has 2 aromatic rings. The maximum atomic E-state index is 13.5. The van der Waals surface area contributed by atoms with Crippen LogP contribution < -0.4 is 0 Å². The summed E-state index contributed by atoms with van der Waals surface area (Å²) in [5, 5.41) is 6.92. The summed E-state index contributed by atoms with van der Waals surface area (Å²) in [4.78, 5) is 14.5. The third kappa shape index (κ3) is 4.28. The highest BCUT2D eigenvalue weighted by molar-refractivity contribution is 7.89. The average molecular weight is 497 g/mol. The second kappa shape index (κ2) is 9.21. The van der Waals surface area contributed by atoms with Crippen LogP contribution in [0.25, 0.3) is 11.5 Å². The van der Waals surface area contributed by atoms with Gasteiger partial charge in [0.1, 0.15) is 6.10 Å². The average Bonchev–Trinajstić information content (AvgIpc) is 3.43. The van der Waals surface area contributed by atoms with Crippen molar-refractivity contribution in [3.05, 3.63) is 29.7 Å². The van der Waals surface area contributed by atoms with Gasteiger partial charge in [-0.2, -0.15) is 13.1 Å². The standard InChI is InChI=1S/C22H26F2N4O5S/c23-19(24)21-26-25-20(33-21)14-8-9-15-13-28(34(30,31)18(15)12-14)16-6-2-3-7-17(16)32-22(29)27-10-4-1-5-11-27/h8-9,12,16-17,19H,1-7,10-11,13H2/t16-,17-/m1/s1. The van der Waals surface area contributed by atoms with Crippen LogP contribution in [0.3, 0.4) is 0 Å². The van der Waals surface area contributed by atoms with Crippen LogP contribution in [0.15, 0.2) is 27.5 Å². The number of sulfonamides is 1. The fraction of sp³-hybridized carbons (Fsp3) is 0.591. The van der Waals surface area contributed by atoms with Gasteiger partial charge in [0.2, 0.25) is 15.9 Å². The molecule has 3 heterocycles. The number of ether oxygens (including phenoxy) is 1. The lowest BCUT2D eigenvalue weighted by atomic mass is 9.92. The Morgan fingerprint density at radius 1 is 1.09 bits per heavy atom. The molecule has 0 unspecified atom stereocenters. The van der Waals surface area contributed by atoms with Gasteiger partial charge in [-0.05, 0) is 56.2 Å². The van der Waals surface area contributed by atoms with Gasteiger partial charge in [0.15, 0.2) is 0 Å². The van der Waals surface area contributed by atoms with Crippen molar-refractivity contribution in [1.29, 1.82) is 0 Å². The molecule has 0 bridgehead atoms. The molecule has 2 atom stereocenters. The summed E-state index contributed by atoms with van der Waals surface area (Å²) in [6.45, 7) is 1.48. The number of rotatable bonds is 4. The first-order chi connectivity index (χ1) is 16.3. The van der Waals surface area contributed by atoms with Crippen LogP contribution in [0, 0.1) is 0 Å². The smallest absolute Gasteiger partial charge is 0.410 e. The third-order valence-corrected chi connectivity index (χ3v) is 8.71. The lowest BCUT2D eigenvalue weighted by Gasteiger charge is -2.37. The van der Waals surface area contributed by atoms with E-state index in [1.54, 1.807) is 17.0 Å². The van der Waals surface area contributed by atoms with Gasteiger partial charge in [0.05, 0.1) is 10.9 Å². The SMILES string of the molecule is O=C(O[C@@H]1CCCC[C@H]1N1Cc2ccc(-c3nnc(C(F)F)o3)cc2S1(=O)=O)N1CCCCC1. The van der Waals surface area contributed by atoms with E-state index in [-0.39, 0.29) is 29.0 Å². The number of halogens is 2. The quantitative estimate of drug-likeness (QED) is 0.627. The zero-order valence-electron chi connectivity index (χ0n) is 18.5. The molecule has 0 spiro atoms. The molecule has 34 heavy (non-hydrogen) atoms. The van der Waals surface area contributed by atoms with Gasteiger partial charge >= 0.3 is 12.5 Å². The summed E-state index contributed by atoms with van der Waals surface area (Å²) in [6, 6.07) is 4.13.